The van der Waals surface area contributed by atoms with Crippen LogP contribution in [0.25, 0.3) is 0 Å². The van der Waals surface area contributed by atoms with Gasteiger partial charge in [0.15, 0.2) is 17.6 Å². The summed E-state index contributed by atoms with van der Waals surface area (Å²) in [5.74, 6) is 2.20. The molecule has 2 aliphatic rings. The van der Waals surface area contributed by atoms with Crippen LogP contribution in [0.5, 0.6) is 11.5 Å². The van der Waals surface area contributed by atoms with Gasteiger partial charge in [-0.1, -0.05) is 36.4 Å². The number of aliphatic hydroxyl groups is 1. The largest absolute Gasteiger partial charge is 0.454 e. The number of carbonyl (C=O) groups excluding carboxylic acids is 1. The molecule has 1 saturated heterocycles. The van der Waals surface area contributed by atoms with Crippen molar-refractivity contribution >= 4 is 17.7 Å². The summed E-state index contributed by atoms with van der Waals surface area (Å²) in [6, 6.07) is 15.2. The Bertz CT molecular complexity index is 783. The smallest absolute Gasteiger partial charge is 0.256 e. The topological polar surface area (TPSA) is 59.0 Å². The van der Waals surface area contributed by atoms with Gasteiger partial charge >= 0.3 is 0 Å². The van der Waals surface area contributed by atoms with E-state index in [1.165, 1.54) is 5.56 Å². The van der Waals surface area contributed by atoms with Crippen LogP contribution in [0.4, 0.5) is 0 Å². The van der Waals surface area contributed by atoms with Crippen molar-refractivity contribution in [2.75, 3.05) is 25.6 Å². The highest BCUT2D eigenvalue weighted by Gasteiger charge is 2.27. The highest BCUT2D eigenvalue weighted by Crippen LogP contribution is 2.40. The number of hydrogen-bond donors (Lipinski definition) is 1. The lowest BCUT2D eigenvalue weighted by atomic mass is 10.1. The molecule has 26 heavy (non-hydrogen) atoms. The fraction of sp³-hybridized carbons (Fsp3) is 0.350. The fourth-order valence-corrected chi connectivity index (χ4v) is 4.54. The monoisotopic (exact) mass is 371 g/mol. The van der Waals surface area contributed by atoms with Gasteiger partial charge in [0.1, 0.15) is 0 Å². The van der Waals surface area contributed by atoms with E-state index >= 15 is 0 Å². The van der Waals surface area contributed by atoms with Gasteiger partial charge in [0.05, 0.1) is 0 Å². The summed E-state index contributed by atoms with van der Waals surface area (Å²) in [4.78, 5) is 14.5. The molecule has 0 radical (unpaired) electrons. The van der Waals surface area contributed by atoms with Crippen molar-refractivity contribution < 1.29 is 19.4 Å². The maximum absolute atomic E-state index is 12.7. The number of thioether (sulfide) groups is 1. The Morgan fingerprint density at radius 2 is 1.92 bits per heavy atom. The number of fused-ring (bicyclic) bond motifs is 1. The van der Waals surface area contributed by atoms with Crippen LogP contribution in [0.2, 0.25) is 0 Å². The van der Waals surface area contributed by atoms with Gasteiger partial charge in [-0.05, 0) is 29.7 Å². The number of nitrogens with zero attached hydrogens (tertiary/aromatic N) is 1. The fourth-order valence-electron chi connectivity index (χ4n) is 3.32. The molecule has 2 atom stereocenters. The van der Waals surface area contributed by atoms with Crippen LogP contribution in [0.3, 0.4) is 0 Å². The molecule has 1 amide bonds. The van der Waals surface area contributed by atoms with E-state index in [9.17, 15) is 9.90 Å². The van der Waals surface area contributed by atoms with Crippen LogP contribution in [-0.4, -0.2) is 41.5 Å². The van der Waals surface area contributed by atoms with Crippen LogP contribution >= 0.6 is 11.8 Å². The second-order valence-electron chi connectivity index (χ2n) is 6.40. The molecule has 0 spiro atoms. The zero-order chi connectivity index (χ0) is 17.9. The molecule has 1 N–H and O–H groups in total. The summed E-state index contributed by atoms with van der Waals surface area (Å²) >= 11 is 1.84. The molecule has 0 aliphatic carbocycles. The van der Waals surface area contributed by atoms with Crippen LogP contribution in [0, 0.1) is 0 Å². The Hall–Kier alpha value is -2.18. The third-order valence-corrected chi connectivity index (χ3v) is 6.10. The van der Waals surface area contributed by atoms with Crippen LogP contribution in [-0.2, 0) is 4.79 Å². The van der Waals surface area contributed by atoms with Crippen molar-refractivity contribution in [3.05, 3.63) is 59.7 Å². The zero-order valence-electron chi connectivity index (χ0n) is 14.3. The van der Waals surface area contributed by atoms with Gasteiger partial charge < -0.3 is 19.5 Å². The third-order valence-electron chi connectivity index (χ3n) is 4.77. The van der Waals surface area contributed by atoms with E-state index in [0.717, 1.165) is 23.7 Å². The summed E-state index contributed by atoms with van der Waals surface area (Å²) < 4.78 is 10.8. The van der Waals surface area contributed by atoms with Crippen molar-refractivity contribution in [2.45, 2.75) is 17.8 Å². The average Bonchev–Trinajstić information content (AvgIpc) is 3.02. The number of hydrogen-bond acceptors (Lipinski definition) is 5. The SMILES string of the molecule is O=C(C(O)c1ccccc1)N1CCSC(c2ccc3c(c2)OCO3)CC1. The molecule has 6 heteroatoms. The van der Waals surface area contributed by atoms with Crippen LogP contribution in [0.15, 0.2) is 48.5 Å². The molecule has 5 nitrogen and oxygen atoms in total. The Labute approximate surface area is 156 Å². The second-order valence-corrected chi connectivity index (χ2v) is 7.71. The van der Waals surface area contributed by atoms with E-state index < -0.39 is 6.10 Å². The van der Waals surface area contributed by atoms with Crippen molar-refractivity contribution in [3.63, 3.8) is 0 Å². The number of benzene rings is 2. The summed E-state index contributed by atoms with van der Waals surface area (Å²) in [5.41, 5.74) is 1.83. The van der Waals surface area contributed by atoms with E-state index in [1.807, 2.05) is 42.1 Å². The minimum atomic E-state index is -1.09. The number of rotatable bonds is 3. The summed E-state index contributed by atoms with van der Waals surface area (Å²) in [5, 5.41) is 10.7. The Morgan fingerprint density at radius 1 is 1.12 bits per heavy atom. The minimum absolute atomic E-state index is 0.219. The molecular weight excluding hydrogens is 350 g/mol. The molecular formula is C20H21NO4S. The molecule has 136 valence electrons. The van der Waals surface area contributed by atoms with Crippen molar-refractivity contribution in [3.8, 4) is 11.5 Å². The summed E-state index contributed by atoms with van der Waals surface area (Å²) in [6.45, 7) is 1.56. The van der Waals surface area contributed by atoms with E-state index in [2.05, 4.69) is 6.07 Å². The highest BCUT2D eigenvalue weighted by molar-refractivity contribution is 7.99. The molecule has 2 aliphatic heterocycles. The zero-order valence-corrected chi connectivity index (χ0v) is 15.2. The van der Waals surface area contributed by atoms with Crippen molar-refractivity contribution in [1.82, 2.24) is 4.90 Å². The second kappa shape index (κ2) is 7.60. The molecule has 0 aromatic heterocycles. The lowest BCUT2D eigenvalue weighted by molar-refractivity contribution is -0.140. The number of carbonyl (C=O) groups is 1. The lowest BCUT2D eigenvalue weighted by Gasteiger charge is -2.23. The van der Waals surface area contributed by atoms with Gasteiger partial charge in [-0.3, -0.25) is 4.79 Å². The average molecular weight is 371 g/mol. The molecule has 2 unspecified atom stereocenters. The Kier molecular flexibility index (Phi) is 5.04. The van der Waals surface area contributed by atoms with E-state index in [1.54, 1.807) is 17.0 Å². The standard InChI is InChI=1S/C20H21NO4S/c22-19(14-4-2-1-3-5-14)20(23)21-9-8-18(26-11-10-21)15-6-7-16-17(12-15)25-13-24-16/h1-7,12,18-19,22H,8-11,13H2. The van der Waals surface area contributed by atoms with Crippen molar-refractivity contribution in [2.24, 2.45) is 0 Å². The summed E-state index contributed by atoms with van der Waals surface area (Å²) in [6.07, 6.45) is -0.249. The number of amides is 1. The number of aliphatic hydroxyl groups excluding tert-OH is 1. The van der Waals surface area contributed by atoms with Gasteiger partial charge in [0.25, 0.3) is 5.91 Å². The van der Waals surface area contributed by atoms with Gasteiger partial charge in [0.2, 0.25) is 6.79 Å². The lowest BCUT2D eigenvalue weighted by Crippen LogP contribution is -2.36. The normalized spacial score (nSPS) is 20.5. The van der Waals surface area contributed by atoms with Crippen LogP contribution < -0.4 is 9.47 Å². The predicted molar refractivity (Wildman–Crippen MR) is 100 cm³/mol. The van der Waals surface area contributed by atoms with E-state index in [0.29, 0.717) is 23.9 Å². The molecule has 1 fully saturated rings. The molecule has 0 bridgehead atoms. The summed E-state index contributed by atoms with van der Waals surface area (Å²) in [7, 11) is 0. The van der Waals surface area contributed by atoms with Gasteiger partial charge in [0, 0.05) is 24.1 Å². The first kappa shape index (κ1) is 17.2. The van der Waals surface area contributed by atoms with Gasteiger partial charge in [-0.15, -0.1) is 0 Å². The molecule has 2 aromatic rings. The minimum Gasteiger partial charge on any atom is -0.454 e. The third kappa shape index (κ3) is 3.52. The first-order chi connectivity index (χ1) is 12.7. The van der Waals surface area contributed by atoms with Crippen molar-refractivity contribution in [1.29, 1.82) is 0 Å². The quantitative estimate of drug-likeness (QED) is 0.898. The van der Waals surface area contributed by atoms with E-state index in [4.69, 9.17) is 9.47 Å². The Morgan fingerprint density at radius 3 is 2.77 bits per heavy atom. The maximum Gasteiger partial charge on any atom is 0.256 e. The van der Waals surface area contributed by atoms with Gasteiger partial charge in [-0.2, -0.15) is 11.8 Å². The first-order valence-electron chi connectivity index (χ1n) is 8.75. The number of ether oxygens (including phenoxy) is 2. The first-order valence-corrected chi connectivity index (χ1v) is 9.80. The van der Waals surface area contributed by atoms with E-state index in [-0.39, 0.29) is 12.7 Å². The Balaban J connectivity index is 1.42. The molecule has 2 aromatic carbocycles. The molecule has 4 rings (SSSR count). The predicted octanol–water partition coefficient (Wildman–Crippen LogP) is 3.16. The molecule has 2 heterocycles. The molecule has 0 saturated carbocycles. The maximum atomic E-state index is 12.7. The van der Waals surface area contributed by atoms with Gasteiger partial charge in [-0.25, -0.2) is 0 Å². The van der Waals surface area contributed by atoms with Crippen LogP contribution in [0.1, 0.15) is 28.9 Å². The highest BCUT2D eigenvalue weighted by atomic mass is 32.2.